The third kappa shape index (κ3) is 2.37. The lowest BCUT2D eigenvalue weighted by Gasteiger charge is -2.46. The van der Waals surface area contributed by atoms with E-state index in [9.17, 15) is 0 Å². The summed E-state index contributed by atoms with van der Waals surface area (Å²) in [7, 11) is 0. The largest absolute Gasteiger partial charge is 0.347 e. The molecule has 1 aliphatic carbocycles. The number of fused-ring (bicyclic) bond motifs is 1. The molecule has 1 aromatic rings. The van der Waals surface area contributed by atoms with E-state index in [0.29, 0.717) is 25.0 Å². The van der Waals surface area contributed by atoms with Crippen molar-refractivity contribution in [1.29, 1.82) is 0 Å². The van der Waals surface area contributed by atoms with Crippen LogP contribution in [-0.4, -0.2) is 29.0 Å². The molecule has 1 aromatic heterocycles. The van der Waals surface area contributed by atoms with Crippen LogP contribution in [0.1, 0.15) is 69.7 Å². The van der Waals surface area contributed by atoms with Crippen molar-refractivity contribution >= 4 is 0 Å². The first-order valence-electron chi connectivity index (χ1n) is 8.43. The van der Waals surface area contributed by atoms with Gasteiger partial charge in [-0.05, 0) is 12.8 Å². The van der Waals surface area contributed by atoms with Gasteiger partial charge in [-0.15, -0.1) is 0 Å². The van der Waals surface area contributed by atoms with Crippen molar-refractivity contribution in [2.45, 2.75) is 71.5 Å². The lowest BCUT2D eigenvalue weighted by Crippen LogP contribution is -2.49. The van der Waals surface area contributed by atoms with Crippen LogP contribution in [0.15, 0.2) is 0 Å². The van der Waals surface area contributed by atoms with Crippen molar-refractivity contribution in [2.75, 3.05) is 13.2 Å². The first-order valence-corrected chi connectivity index (χ1v) is 8.43. The Hall–Kier alpha value is -1.00. The fraction of sp³-hybridized carbons (Fsp3) is 0.778. The number of nitrogens with zero attached hydrogens (tertiary/aromatic N) is 2. The molecule has 0 bridgehead atoms. The van der Waals surface area contributed by atoms with E-state index in [1.165, 1.54) is 11.3 Å². The highest BCUT2D eigenvalue weighted by Crippen LogP contribution is 2.49. The van der Waals surface area contributed by atoms with Gasteiger partial charge in [0.25, 0.3) is 0 Å². The number of hydrogen-bond donors (Lipinski definition) is 0. The van der Waals surface area contributed by atoms with E-state index in [1.807, 2.05) is 0 Å². The maximum absolute atomic E-state index is 6.04. The van der Waals surface area contributed by atoms with Gasteiger partial charge in [0.2, 0.25) is 0 Å². The lowest BCUT2D eigenvalue weighted by molar-refractivity contribution is -0.180. The topological polar surface area (TPSA) is 44.2 Å². The standard InChI is InChI=1S/C18H28N2O2/c1-11(2)16-19-13(5)14-9-18(21-7-8-22-18)10-17(6,12(3)4)15(14)20-16/h11-12H,7-10H2,1-6H3. The Morgan fingerprint density at radius 3 is 2.23 bits per heavy atom. The molecule has 1 saturated heterocycles. The summed E-state index contributed by atoms with van der Waals surface area (Å²) in [4.78, 5) is 9.72. The zero-order valence-electron chi connectivity index (χ0n) is 14.7. The second-order valence-electron chi connectivity index (χ2n) is 7.68. The van der Waals surface area contributed by atoms with Gasteiger partial charge in [-0.1, -0.05) is 34.6 Å². The molecule has 1 aliphatic heterocycles. The molecule has 1 fully saturated rings. The maximum atomic E-state index is 6.04. The monoisotopic (exact) mass is 304 g/mol. The number of rotatable bonds is 2. The Balaban J connectivity index is 2.17. The first-order chi connectivity index (χ1) is 10.3. The van der Waals surface area contributed by atoms with Gasteiger partial charge in [0.15, 0.2) is 5.79 Å². The summed E-state index contributed by atoms with van der Waals surface area (Å²) in [5.41, 5.74) is 3.48. The van der Waals surface area contributed by atoms with Crippen LogP contribution in [0.4, 0.5) is 0 Å². The molecular weight excluding hydrogens is 276 g/mol. The van der Waals surface area contributed by atoms with Crippen LogP contribution in [-0.2, 0) is 21.3 Å². The third-order valence-electron chi connectivity index (χ3n) is 5.46. The molecule has 0 radical (unpaired) electrons. The van der Waals surface area contributed by atoms with Crippen LogP contribution in [0, 0.1) is 12.8 Å². The van der Waals surface area contributed by atoms with E-state index in [2.05, 4.69) is 41.5 Å². The number of aryl methyl sites for hydroxylation is 1. The summed E-state index contributed by atoms with van der Waals surface area (Å²) in [6.45, 7) is 14.6. The molecule has 3 rings (SSSR count). The summed E-state index contributed by atoms with van der Waals surface area (Å²) >= 11 is 0. The van der Waals surface area contributed by atoms with E-state index < -0.39 is 5.79 Å². The van der Waals surface area contributed by atoms with Gasteiger partial charge in [0.1, 0.15) is 5.82 Å². The average Bonchev–Trinajstić information content (AvgIpc) is 2.87. The minimum atomic E-state index is -0.473. The molecule has 4 nitrogen and oxygen atoms in total. The van der Waals surface area contributed by atoms with Crippen LogP contribution < -0.4 is 0 Å². The van der Waals surface area contributed by atoms with E-state index in [-0.39, 0.29) is 5.41 Å². The van der Waals surface area contributed by atoms with Gasteiger partial charge >= 0.3 is 0 Å². The van der Waals surface area contributed by atoms with Crippen molar-refractivity contribution in [2.24, 2.45) is 5.92 Å². The first kappa shape index (κ1) is 15.9. The fourth-order valence-electron chi connectivity index (χ4n) is 3.71. The van der Waals surface area contributed by atoms with Crippen molar-refractivity contribution < 1.29 is 9.47 Å². The van der Waals surface area contributed by atoms with Crippen LogP contribution in [0.2, 0.25) is 0 Å². The number of aromatic nitrogens is 2. The van der Waals surface area contributed by atoms with E-state index in [4.69, 9.17) is 19.4 Å². The summed E-state index contributed by atoms with van der Waals surface area (Å²) < 4.78 is 12.1. The smallest absolute Gasteiger partial charge is 0.173 e. The van der Waals surface area contributed by atoms with Crippen LogP contribution in [0.5, 0.6) is 0 Å². The van der Waals surface area contributed by atoms with Crippen molar-refractivity contribution in [3.63, 3.8) is 0 Å². The molecular formula is C18H28N2O2. The SMILES string of the molecule is Cc1nc(C(C)C)nc2c1CC1(CC2(C)C(C)C)OCCO1. The summed E-state index contributed by atoms with van der Waals surface area (Å²) in [6, 6.07) is 0. The van der Waals surface area contributed by atoms with Gasteiger partial charge in [0.05, 0.1) is 18.9 Å². The molecule has 1 unspecified atom stereocenters. The molecule has 2 heterocycles. The summed E-state index contributed by atoms with van der Waals surface area (Å²) in [6.07, 6.45) is 1.65. The average molecular weight is 304 g/mol. The highest BCUT2D eigenvalue weighted by atomic mass is 16.7. The molecule has 0 N–H and O–H groups in total. The van der Waals surface area contributed by atoms with Gasteiger partial charge in [-0.3, -0.25) is 0 Å². The Morgan fingerprint density at radius 2 is 1.68 bits per heavy atom. The zero-order valence-corrected chi connectivity index (χ0v) is 14.7. The quantitative estimate of drug-likeness (QED) is 0.838. The highest BCUT2D eigenvalue weighted by Gasteiger charge is 2.51. The molecule has 0 saturated carbocycles. The maximum Gasteiger partial charge on any atom is 0.173 e. The van der Waals surface area contributed by atoms with Gasteiger partial charge in [0, 0.05) is 35.4 Å². The normalized spacial score (nSPS) is 26.9. The van der Waals surface area contributed by atoms with Crippen LogP contribution in [0.3, 0.4) is 0 Å². The molecule has 1 spiro atoms. The second kappa shape index (κ2) is 5.27. The van der Waals surface area contributed by atoms with E-state index in [0.717, 1.165) is 24.4 Å². The molecule has 22 heavy (non-hydrogen) atoms. The Morgan fingerprint density at radius 1 is 1.05 bits per heavy atom. The predicted octanol–water partition coefficient (Wildman–Crippen LogP) is 3.51. The molecule has 122 valence electrons. The van der Waals surface area contributed by atoms with Crippen LogP contribution in [0.25, 0.3) is 0 Å². The number of ether oxygens (including phenoxy) is 2. The summed E-state index contributed by atoms with van der Waals surface area (Å²) in [5, 5.41) is 0. The van der Waals surface area contributed by atoms with Crippen molar-refractivity contribution in [3.05, 3.63) is 22.8 Å². The molecule has 1 atom stereocenters. The predicted molar refractivity (Wildman–Crippen MR) is 86.0 cm³/mol. The van der Waals surface area contributed by atoms with E-state index >= 15 is 0 Å². The molecule has 4 heteroatoms. The Kier molecular flexibility index (Phi) is 3.81. The lowest BCUT2D eigenvalue weighted by atomic mass is 9.65. The molecule has 0 aromatic carbocycles. The minimum absolute atomic E-state index is 0.0464. The van der Waals surface area contributed by atoms with Gasteiger partial charge in [-0.25, -0.2) is 9.97 Å². The van der Waals surface area contributed by atoms with Crippen molar-refractivity contribution in [1.82, 2.24) is 9.97 Å². The second-order valence-corrected chi connectivity index (χ2v) is 7.68. The van der Waals surface area contributed by atoms with Gasteiger partial charge < -0.3 is 9.47 Å². The van der Waals surface area contributed by atoms with E-state index in [1.54, 1.807) is 0 Å². The Bertz CT molecular complexity index is 577. The number of hydrogen-bond acceptors (Lipinski definition) is 4. The van der Waals surface area contributed by atoms with Gasteiger partial charge in [-0.2, -0.15) is 0 Å². The van der Waals surface area contributed by atoms with Crippen LogP contribution >= 0.6 is 0 Å². The summed E-state index contributed by atoms with van der Waals surface area (Å²) in [5.74, 6) is 1.28. The zero-order chi connectivity index (χ0) is 16.1. The minimum Gasteiger partial charge on any atom is -0.347 e. The molecule has 0 amide bonds. The van der Waals surface area contributed by atoms with Crippen molar-refractivity contribution in [3.8, 4) is 0 Å². The fourth-order valence-corrected chi connectivity index (χ4v) is 3.71. The third-order valence-corrected chi connectivity index (χ3v) is 5.46. The Labute approximate surface area is 133 Å². The molecule has 2 aliphatic rings. The highest BCUT2D eigenvalue weighted by molar-refractivity contribution is 5.37.